The molecule has 0 bridgehead atoms. The fraction of sp³-hybridized carbons (Fsp3) is 0.238. The Morgan fingerprint density at radius 2 is 1.89 bits per heavy atom. The zero-order chi connectivity index (χ0) is 19.8. The van der Waals surface area contributed by atoms with Gasteiger partial charge in [0.15, 0.2) is 5.13 Å². The van der Waals surface area contributed by atoms with Crippen LogP contribution in [0.5, 0.6) is 0 Å². The third-order valence-electron chi connectivity index (χ3n) is 4.44. The summed E-state index contributed by atoms with van der Waals surface area (Å²) in [5.41, 5.74) is 4.83. The number of thiazole rings is 2. The molecule has 0 aliphatic rings. The molecular weight excluding hydrogens is 388 g/mol. The molecule has 4 rings (SSSR count). The summed E-state index contributed by atoms with van der Waals surface area (Å²) in [7, 11) is 0. The lowest BCUT2D eigenvalue weighted by atomic mass is 10.1. The van der Waals surface area contributed by atoms with Crippen LogP contribution in [-0.4, -0.2) is 20.9 Å². The standard InChI is InChI=1S/C21H20N4OS2/c1-12-9-13(2)18-17(10-12)28-21(24-18)25(11-16-7-5-6-8-22-16)20(26)19-14(3)23-15(4)27-19/h5-10H,11H2,1-4H3. The number of pyridine rings is 1. The molecule has 0 aliphatic heterocycles. The van der Waals surface area contributed by atoms with Gasteiger partial charge in [-0.1, -0.05) is 23.5 Å². The summed E-state index contributed by atoms with van der Waals surface area (Å²) in [5, 5.41) is 1.57. The lowest BCUT2D eigenvalue weighted by Crippen LogP contribution is -2.30. The number of anilines is 1. The molecule has 4 aromatic rings. The number of rotatable bonds is 4. The van der Waals surface area contributed by atoms with Crippen molar-refractivity contribution in [3.63, 3.8) is 0 Å². The van der Waals surface area contributed by atoms with Gasteiger partial charge in [0.25, 0.3) is 5.91 Å². The smallest absolute Gasteiger partial charge is 0.272 e. The molecule has 0 spiro atoms. The number of carbonyl (C=O) groups excluding carboxylic acids is 1. The predicted octanol–water partition coefficient (Wildman–Crippen LogP) is 5.23. The highest BCUT2D eigenvalue weighted by atomic mass is 32.1. The Hall–Kier alpha value is -2.64. The number of benzene rings is 1. The third-order valence-corrected chi connectivity index (χ3v) is 6.52. The fourth-order valence-electron chi connectivity index (χ4n) is 3.21. The molecule has 0 saturated heterocycles. The van der Waals surface area contributed by atoms with Gasteiger partial charge < -0.3 is 0 Å². The van der Waals surface area contributed by atoms with Gasteiger partial charge in [-0.25, -0.2) is 9.97 Å². The van der Waals surface area contributed by atoms with E-state index in [1.54, 1.807) is 11.1 Å². The van der Waals surface area contributed by atoms with Crippen LogP contribution in [0, 0.1) is 27.7 Å². The minimum absolute atomic E-state index is 0.0813. The molecule has 1 amide bonds. The molecule has 0 aliphatic carbocycles. The maximum atomic E-state index is 13.4. The van der Waals surface area contributed by atoms with Crippen molar-refractivity contribution in [2.24, 2.45) is 0 Å². The average Bonchev–Trinajstić information content (AvgIpc) is 3.22. The molecule has 5 nitrogen and oxygen atoms in total. The van der Waals surface area contributed by atoms with Crippen LogP contribution in [0.4, 0.5) is 5.13 Å². The Kier molecular flexibility index (Phi) is 4.95. The molecule has 3 aromatic heterocycles. The molecule has 28 heavy (non-hydrogen) atoms. The van der Waals surface area contributed by atoms with Gasteiger partial charge in [0.2, 0.25) is 0 Å². The Bertz CT molecular complexity index is 1160. The first-order valence-corrected chi connectivity index (χ1v) is 10.6. The number of hydrogen-bond acceptors (Lipinski definition) is 6. The van der Waals surface area contributed by atoms with Gasteiger partial charge in [-0.05, 0) is 57.0 Å². The lowest BCUT2D eigenvalue weighted by molar-refractivity contribution is 0.0988. The largest absolute Gasteiger partial charge is 0.277 e. The summed E-state index contributed by atoms with van der Waals surface area (Å²) < 4.78 is 1.09. The Balaban J connectivity index is 1.82. The van der Waals surface area contributed by atoms with E-state index in [-0.39, 0.29) is 5.91 Å². The number of amides is 1. The summed E-state index contributed by atoms with van der Waals surface area (Å²) in [5.74, 6) is -0.0813. The fourth-order valence-corrected chi connectivity index (χ4v) is 5.21. The molecular formula is C21H20N4OS2. The van der Waals surface area contributed by atoms with Crippen molar-refractivity contribution in [2.75, 3.05) is 4.90 Å². The quantitative estimate of drug-likeness (QED) is 0.464. The summed E-state index contributed by atoms with van der Waals surface area (Å²) >= 11 is 2.96. The van der Waals surface area contributed by atoms with E-state index in [1.807, 2.05) is 32.0 Å². The van der Waals surface area contributed by atoms with E-state index in [2.05, 4.69) is 35.9 Å². The van der Waals surface area contributed by atoms with Gasteiger partial charge in [-0.3, -0.25) is 14.7 Å². The highest BCUT2D eigenvalue weighted by Crippen LogP contribution is 2.34. The number of aryl methyl sites for hydroxylation is 4. The number of nitrogens with zero attached hydrogens (tertiary/aromatic N) is 4. The zero-order valence-corrected chi connectivity index (χ0v) is 17.8. The van der Waals surface area contributed by atoms with E-state index >= 15 is 0 Å². The number of hydrogen-bond donors (Lipinski definition) is 0. The first-order valence-electron chi connectivity index (χ1n) is 8.96. The van der Waals surface area contributed by atoms with Crippen molar-refractivity contribution in [3.8, 4) is 0 Å². The maximum absolute atomic E-state index is 13.4. The van der Waals surface area contributed by atoms with E-state index in [1.165, 1.54) is 28.2 Å². The SMILES string of the molecule is Cc1cc(C)c2nc(N(Cc3ccccn3)C(=O)c3sc(C)nc3C)sc2c1. The minimum Gasteiger partial charge on any atom is -0.277 e. The third kappa shape index (κ3) is 3.55. The second-order valence-corrected chi connectivity index (χ2v) is 9.00. The van der Waals surface area contributed by atoms with E-state index in [0.717, 1.165) is 32.2 Å². The summed E-state index contributed by atoms with van der Waals surface area (Å²) in [6.45, 7) is 8.29. The van der Waals surface area contributed by atoms with Gasteiger partial charge >= 0.3 is 0 Å². The van der Waals surface area contributed by atoms with Crippen molar-refractivity contribution in [1.82, 2.24) is 15.0 Å². The van der Waals surface area contributed by atoms with Crippen molar-refractivity contribution < 1.29 is 4.79 Å². The molecule has 142 valence electrons. The zero-order valence-electron chi connectivity index (χ0n) is 16.2. The predicted molar refractivity (Wildman–Crippen MR) is 115 cm³/mol. The van der Waals surface area contributed by atoms with E-state index in [9.17, 15) is 4.79 Å². The molecule has 0 unspecified atom stereocenters. The minimum atomic E-state index is -0.0813. The second-order valence-electron chi connectivity index (χ2n) is 6.78. The van der Waals surface area contributed by atoms with Crippen LogP contribution < -0.4 is 4.90 Å². The van der Waals surface area contributed by atoms with E-state index in [0.29, 0.717) is 16.6 Å². The lowest BCUT2D eigenvalue weighted by Gasteiger charge is -2.19. The van der Waals surface area contributed by atoms with Gasteiger partial charge in [0, 0.05) is 6.20 Å². The van der Waals surface area contributed by atoms with E-state index < -0.39 is 0 Å². The summed E-state index contributed by atoms with van der Waals surface area (Å²) in [4.78, 5) is 29.5. The maximum Gasteiger partial charge on any atom is 0.272 e. The molecule has 0 saturated carbocycles. The highest BCUT2D eigenvalue weighted by molar-refractivity contribution is 7.22. The molecule has 1 aromatic carbocycles. The van der Waals surface area contributed by atoms with Crippen molar-refractivity contribution >= 4 is 43.9 Å². The summed E-state index contributed by atoms with van der Waals surface area (Å²) in [6, 6.07) is 9.96. The monoisotopic (exact) mass is 408 g/mol. The van der Waals surface area contributed by atoms with Gasteiger partial charge in [-0.2, -0.15) is 0 Å². The molecule has 0 fully saturated rings. The Labute approximate surface area is 171 Å². The molecule has 7 heteroatoms. The summed E-state index contributed by atoms with van der Waals surface area (Å²) in [6.07, 6.45) is 1.74. The Morgan fingerprint density at radius 3 is 2.57 bits per heavy atom. The second kappa shape index (κ2) is 7.41. The van der Waals surface area contributed by atoms with Crippen LogP contribution in [0.1, 0.15) is 37.2 Å². The first kappa shape index (κ1) is 18.7. The van der Waals surface area contributed by atoms with Crippen LogP contribution in [0.2, 0.25) is 0 Å². The first-order chi connectivity index (χ1) is 13.4. The van der Waals surface area contributed by atoms with Crippen molar-refractivity contribution in [3.05, 3.63) is 68.9 Å². The molecule has 0 N–H and O–H groups in total. The highest BCUT2D eigenvalue weighted by Gasteiger charge is 2.26. The number of carbonyl (C=O) groups is 1. The average molecular weight is 409 g/mol. The molecule has 3 heterocycles. The number of aromatic nitrogens is 3. The van der Waals surface area contributed by atoms with E-state index in [4.69, 9.17) is 4.98 Å². The van der Waals surface area contributed by atoms with Gasteiger partial charge in [-0.15, -0.1) is 11.3 Å². The van der Waals surface area contributed by atoms with Crippen molar-refractivity contribution in [1.29, 1.82) is 0 Å². The van der Waals surface area contributed by atoms with Crippen LogP contribution in [0.3, 0.4) is 0 Å². The van der Waals surface area contributed by atoms with Gasteiger partial charge in [0.1, 0.15) is 4.88 Å². The van der Waals surface area contributed by atoms with Crippen LogP contribution >= 0.6 is 22.7 Å². The van der Waals surface area contributed by atoms with Crippen LogP contribution in [0.25, 0.3) is 10.2 Å². The molecule has 0 radical (unpaired) electrons. The molecule has 0 atom stereocenters. The Morgan fingerprint density at radius 1 is 1.07 bits per heavy atom. The normalized spacial score (nSPS) is 11.1. The topological polar surface area (TPSA) is 59.0 Å². The van der Waals surface area contributed by atoms with Crippen molar-refractivity contribution in [2.45, 2.75) is 34.2 Å². The van der Waals surface area contributed by atoms with Gasteiger partial charge in [0.05, 0.1) is 33.2 Å². The number of fused-ring (bicyclic) bond motifs is 1. The van der Waals surface area contributed by atoms with Crippen LogP contribution in [-0.2, 0) is 6.54 Å². The van der Waals surface area contributed by atoms with Crippen LogP contribution in [0.15, 0.2) is 36.5 Å².